The third-order valence-electron chi connectivity index (χ3n) is 6.25. The van der Waals surface area contributed by atoms with E-state index in [9.17, 15) is 18.3 Å². The van der Waals surface area contributed by atoms with Gasteiger partial charge in [-0.25, -0.2) is 18.2 Å². The average molecular weight is 583 g/mol. The number of alkyl carbamates (subject to hydrolysis) is 1. The maximum atomic E-state index is 13.8. The Kier molecular flexibility index (Phi) is 9.75. The Labute approximate surface area is 238 Å². The van der Waals surface area contributed by atoms with Crippen LogP contribution in [0, 0.1) is 5.92 Å². The van der Waals surface area contributed by atoms with E-state index in [4.69, 9.17) is 10.5 Å². The number of nitrogens with one attached hydrogen (secondary N) is 1. The fourth-order valence-corrected chi connectivity index (χ4v) is 6.81. The van der Waals surface area contributed by atoms with Gasteiger partial charge in [-0.15, -0.1) is 0 Å². The smallest absolute Gasteiger partial charge is 0.407 e. The van der Waals surface area contributed by atoms with Crippen LogP contribution in [0.3, 0.4) is 0 Å². The van der Waals surface area contributed by atoms with E-state index in [0.717, 1.165) is 11.1 Å². The molecule has 0 spiro atoms. The number of hydrogen-bond donors (Lipinski definition) is 3. The Hall–Kier alpha value is -3.51. The van der Waals surface area contributed by atoms with E-state index < -0.39 is 28.3 Å². The van der Waals surface area contributed by atoms with Gasteiger partial charge in [-0.1, -0.05) is 85.8 Å². The number of aromatic nitrogens is 1. The second kappa shape index (κ2) is 13.2. The fraction of sp³-hybridized carbons (Fsp3) is 0.310. The predicted octanol–water partition coefficient (Wildman–Crippen LogP) is 4.42. The van der Waals surface area contributed by atoms with Crippen LogP contribution in [-0.2, 0) is 27.8 Å². The number of amides is 1. The number of nitrogens with two attached hydrogens (primary N) is 1. The SMILES string of the molecule is CC(C)CN(CC(O)[C@H](Cc1ccccc1)NC(=O)OCc1ccccc1)S(=O)(=O)c1ccc2nc(N)sc2c1. The van der Waals surface area contributed by atoms with Crippen molar-refractivity contribution in [2.75, 3.05) is 18.8 Å². The summed E-state index contributed by atoms with van der Waals surface area (Å²) >= 11 is 1.21. The molecule has 0 radical (unpaired) electrons. The number of hydrogen-bond acceptors (Lipinski definition) is 8. The molecule has 1 heterocycles. The lowest BCUT2D eigenvalue weighted by Gasteiger charge is -2.30. The molecule has 40 heavy (non-hydrogen) atoms. The molecule has 1 unspecified atom stereocenters. The highest BCUT2D eigenvalue weighted by atomic mass is 32.2. The van der Waals surface area contributed by atoms with E-state index in [1.165, 1.54) is 21.7 Å². The zero-order valence-electron chi connectivity index (χ0n) is 22.4. The molecule has 0 aliphatic rings. The highest BCUT2D eigenvalue weighted by molar-refractivity contribution is 7.89. The topological polar surface area (TPSA) is 135 Å². The number of aliphatic hydroxyl groups is 1. The summed E-state index contributed by atoms with van der Waals surface area (Å²) in [6.07, 6.45) is -1.64. The normalized spacial score (nSPS) is 13.4. The van der Waals surface area contributed by atoms with Crippen LogP contribution in [0.1, 0.15) is 25.0 Å². The molecule has 4 N–H and O–H groups in total. The van der Waals surface area contributed by atoms with Crippen LogP contribution in [0.2, 0.25) is 0 Å². The molecule has 2 atom stereocenters. The van der Waals surface area contributed by atoms with Crippen LogP contribution in [0.25, 0.3) is 10.2 Å². The van der Waals surface area contributed by atoms with Crippen LogP contribution in [-0.4, -0.2) is 54.1 Å². The van der Waals surface area contributed by atoms with Crippen LogP contribution in [0.5, 0.6) is 0 Å². The lowest BCUT2D eigenvalue weighted by molar-refractivity contribution is 0.0873. The summed E-state index contributed by atoms with van der Waals surface area (Å²) < 4.78 is 34.9. The number of nitrogen functional groups attached to an aromatic ring is 1. The highest BCUT2D eigenvalue weighted by Crippen LogP contribution is 2.28. The fourth-order valence-electron chi connectivity index (χ4n) is 4.31. The van der Waals surface area contributed by atoms with Gasteiger partial charge in [0.25, 0.3) is 0 Å². The summed E-state index contributed by atoms with van der Waals surface area (Å²) in [5.74, 6) is -0.0128. The van der Waals surface area contributed by atoms with Crippen molar-refractivity contribution in [3.63, 3.8) is 0 Å². The third kappa shape index (κ3) is 7.79. The number of sulfonamides is 1. The zero-order valence-corrected chi connectivity index (χ0v) is 24.1. The minimum atomic E-state index is -3.99. The van der Waals surface area contributed by atoms with Crippen LogP contribution in [0.15, 0.2) is 83.8 Å². The lowest BCUT2D eigenvalue weighted by Crippen LogP contribution is -2.51. The second-order valence-corrected chi connectivity index (χ2v) is 13.0. The van der Waals surface area contributed by atoms with Crippen LogP contribution in [0.4, 0.5) is 9.93 Å². The largest absolute Gasteiger partial charge is 0.445 e. The summed E-state index contributed by atoms with van der Waals surface area (Å²) in [4.78, 5) is 17.0. The standard InChI is InChI=1S/C29H34N4O5S2/c1-20(2)17-33(40(36,37)23-13-14-24-27(16-23)39-28(30)31-24)18-26(34)25(15-21-9-5-3-6-10-21)32-29(35)38-19-22-11-7-4-8-12-22/h3-14,16,20,25-26,34H,15,17-19H2,1-2H3,(H2,30,31)(H,32,35)/t25-,26?/m0/s1. The average Bonchev–Trinajstić information content (AvgIpc) is 3.31. The van der Waals surface area contributed by atoms with E-state index in [1.807, 2.05) is 74.5 Å². The monoisotopic (exact) mass is 582 g/mol. The van der Waals surface area contributed by atoms with Crippen LogP contribution < -0.4 is 11.1 Å². The Morgan fingerprint density at radius 2 is 1.68 bits per heavy atom. The maximum Gasteiger partial charge on any atom is 0.407 e. The van der Waals surface area contributed by atoms with E-state index in [0.29, 0.717) is 15.3 Å². The zero-order chi connectivity index (χ0) is 28.7. The molecule has 4 aromatic rings. The van der Waals surface area contributed by atoms with Crippen molar-refractivity contribution in [1.29, 1.82) is 0 Å². The van der Waals surface area contributed by atoms with Crippen molar-refractivity contribution in [2.45, 2.75) is 43.9 Å². The molecule has 1 aromatic heterocycles. The first-order valence-electron chi connectivity index (χ1n) is 13.0. The van der Waals surface area contributed by atoms with Gasteiger partial charge in [-0.2, -0.15) is 4.31 Å². The second-order valence-electron chi connectivity index (χ2n) is 9.97. The molecule has 0 aliphatic carbocycles. The van der Waals surface area contributed by atoms with Gasteiger partial charge in [0.2, 0.25) is 10.0 Å². The predicted molar refractivity (Wildman–Crippen MR) is 157 cm³/mol. The van der Waals surface area contributed by atoms with E-state index in [-0.39, 0.29) is 36.9 Å². The van der Waals surface area contributed by atoms with Gasteiger partial charge in [-0.3, -0.25) is 0 Å². The number of anilines is 1. The Morgan fingerprint density at radius 3 is 2.33 bits per heavy atom. The summed E-state index contributed by atoms with van der Waals surface area (Å²) in [5, 5.41) is 14.5. The summed E-state index contributed by atoms with van der Waals surface area (Å²) in [5.41, 5.74) is 8.13. The Balaban J connectivity index is 1.55. The van der Waals surface area contributed by atoms with Gasteiger partial charge in [0.1, 0.15) is 6.61 Å². The third-order valence-corrected chi connectivity index (χ3v) is 8.93. The molecule has 3 aromatic carbocycles. The van der Waals surface area contributed by atoms with Gasteiger partial charge in [0.15, 0.2) is 5.13 Å². The first-order chi connectivity index (χ1) is 19.1. The van der Waals surface area contributed by atoms with Crippen molar-refractivity contribution < 1.29 is 23.1 Å². The van der Waals surface area contributed by atoms with Crippen molar-refractivity contribution in [3.05, 3.63) is 90.0 Å². The molecular formula is C29H34N4O5S2. The molecule has 212 valence electrons. The molecular weight excluding hydrogens is 548 g/mol. The van der Waals surface area contributed by atoms with Crippen LogP contribution >= 0.6 is 11.3 Å². The van der Waals surface area contributed by atoms with Crippen molar-refractivity contribution >= 4 is 42.8 Å². The molecule has 0 bridgehead atoms. The summed E-state index contributed by atoms with van der Waals surface area (Å²) in [7, 11) is -3.99. The molecule has 0 saturated carbocycles. The first kappa shape index (κ1) is 29.5. The Morgan fingerprint density at radius 1 is 1.02 bits per heavy atom. The van der Waals surface area contributed by atoms with Crippen molar-refractivity contribution in [1.82, 2.24) is 14.6 Å². The van der Waals surface area contributed by atoms with Gasteiger partial charge in [-0.05, 0) is 41.7 Å². The maximum absolute atomic E-state index is 13.8. The number of carbonyl (C=O) groups excluding carboxylic acids is 1. The minimum Gasteiger partial charge on any atom is -0.445 e. The molecule has 11 heteroatoms. The lowest BCUT2D eigenvalue weighted by atomic mass is 10.0. The molecule has 9 nitrogen and oxygen atoms in total. The van der Waals surface area contributed by atoms with Crippen molar-refractivity contribution in [3.8, 4) is 0 Å². The molecule has 0 saturated heterocycles. The molecule has 1 amide bonds. The number of fused-ring (bicyclic) bond motifs is 1. The molecule has 0 fully saturated rings. The number of carbonyl (C=O) groups is 1. The van der Waals surface area contributed by atoms with Crippen molar-refractivity contribution in [2.24, 2.45) is 5.92 Å². The summed E-state index contributed by atoms with van der Waals surface area (Å²) in [6.45, 7) is 3.84. The summed E-state index contributed by atoms with van der Waals surface area (Å²) in [6, 6.07) is 22.5. The number of ether oxygens (including phenoxy) is 1. The number of thiazole rings is 1. The van der Waals surface area contributed by atoms with Gasteiger partial charge >= 0.3 is 6.09 Å². The highest BCUT2D eigenvalue weighted by Gasteiger charge is 2.32. The van der Waals surface area contributed by atoms with Gasteiger partial charge in [0, 0.05) is 13.1 Å². The number of nitrogens with zero attached hydrogens (tertiary/aromatic N) is 2. The number of aliphatic hydroxyl groups excluding tert-OH is 1. The van der Waals surface area contributed by atoms with Gasteiger partial charge in [0.05, 0.1) is 27.3 Å². The van der Waals surface area contributed by atoms with E-state index >= 15 is 0 Å². The molecule has 0 aliphatic heterocycles. The van der Waals surface area contributed by atoms with E-state index in [2.05, 4.69) is 10.3 Å². The first-order valence-corrected chi connectivity index (χ1v) is 15.2. The Bertz CT molecular complexity index is 1510. The van der Waals surface area contributed by atoms with E-state index in [1.54, 1.807) is 12.1 Å². The molecule has 4 rings (SSSR count). The number of rotatable bonds is 12. The quantitative estimate of drug-likeness (QED) is 0.225. The minimum absolute atomic E-state index is 0.0128. The van der Waals surface area contributed by atoms with Gasteiger partial charge < -0.3 is 20.9 Å². The number of benzene rings is 3.